The van der Waals surface area contributed by atoms with Gasteiger partial charge in [0.1, 0.15) is 0 Å². The lowest BCUT2D eigenvalue weighted by Crippen LogP contribution is -2.15. The van der Waals surface area contributed by atoms with Gasteiger partial charge in [-0.25, -0.2) is 13.2 Å². The molecule has 24 heavy (non-hydrogen) atoms. The molecule has 0 radical (unpaired) electrons. The normalized spacial score (nSPS) is 11.3. The van der Waals surface area contributed by atoms with Crippen molar-refractivity contribution in [3.8, 4) is 0 Å². The number of hydrogen-bond donors (Lipinski definition) is 0. The average Bonchev–Trinajstić information content (AvgIpc) is 2.82. The first-order chi connectivity index (χ1) is 11.1. The van der Waals surface area contributed by atoms with Crippen LogP contribution in [0.2, 0.25) is 0 Å². The second kappa shape index (κ2) is 6.86. The van der Waals surface area contributed by atoms with E-state index >= 15 is 0 Å². The summed E-state index contributed by atoms with van der Waals surface area (Å²) in [5.74, 6) is -0.988. The number of esters is 1. The topological polar surface area (TPSA) is 77.5 Å². The first-order valence-corrected chi connectivity index (χ1v) is 9.88. The van der Waals surface area contributed by atoms with Crippen LogP contribution in [0.15, 0.2) is 29.2 Å². The van der Waals surface area contributed by atoms with Gasteiger partial charge in [0.25, 0.3) is 0 Å². The van der Waals surface area contributed by atoms with Gasteiger partial charge in [-0.3, -0.25) is 4.79 Å². The largest absolute Gasteiger partial charge is 0.454 e. The van der Waals surface area contributed by atoms with Gasteiger partial charge in [0, 0.05) is 21.6 Å². The van der Waals surface area contributed by atoms with Crippen LogP contribution < -0.4 is 0 Å². The Morgan fingerprint density at radius 1 is 1.08 bits per heavy atom. The number of ether oxygens (including phenoxy) is 1. The number of ketones is 1. The Morgan fingerprint density at radius 3 is 2.29 bits per heavy atom. The molecule has 0 aliphatic heterocycles. The molecule has 1 heterocycles. The number of carbonyl (C=O) groups is 2. The van der Waals surface area contributed by atoms with E-state index in [1.165, 1.54) is 23.5 Å². The lowest BCUT2D eigenvalue weighted by molar-refractivity contribution is 0.0473. The summed E-state index contributed by atoms with van der Waals surface area (Å²) in [6.07, 6.45) is 1.07. The van der Waals surface area contributed by atoms with Crippen molar-refractivity contribution in [2.75, 3.05) is 12.9 Å². The molecule has 0 N–H and O–H groups in total. The van der Waals surface area contributed by atoms with E-state index in [0.29, 0.717) is 11.1 Å². The standard InChI is InChI=1S/C17H18O5S2/c1-10-5-6-13(24(4,20)21)8-14(10)17(19)22-9-16(18)15-7-11(2)23-12(15)3/h5-8H,9H2,1-4H3. The summed E-state index contributed by atoms with van der Waals surface area (Å²) < 4.78 is 28.3. The number of Topliss-reactive ketones (excluding diaryl/α,β-unsaturated/α-hetero) is 1. The van der Waals surface area contributed by atoms with Crippen LogP contribution in [0.4, 0.5) is 0 Å². The average molecular weight is 366 g/mol. The zero-order valence-corrected chi connectivity index (χ0v) is 15.5. The fourth-order valence-electron chi connectivity index (χ4n) is 2.25. The Kier molecular flexibility index (Phi) is 5.25. The molecule has 1 aromatic carbocycles. The van der Waals surface area contributed by atoms with Gasteiger partial charge in [0.2, 0.25) is 5.78 Å². The van der Waals surface area contributed by atoms with Crippen LogP contribution in [-0.4, -0.2) is 33.0 Å². The lowest BCUT2D eigenvalue weighted by Gasteiger charge is -2.08. The van der Waals surface area contributed by atoms with Crippen molar-refractivity contribution in [2.24, 2.45) is 0 Å². The van der Waals surface area contributed by atoms with E-state index in [0.717, 1.165) is 16.0 Å². The third-order valence-electron chi connectivity index (χ3n) is 3.53. The molecule has 2 rings (SSSR count). The molecular formula is C17H18O5S2. The molecule has 0 atom stereocenters. The minimum Gasteiger partial charge on any atom is -0.454 e. The van der Waals surface area contributed by atoms with Gasteiger partial charge in [-0.2, -0.15) is 0 Å². The highest BCUT2D eigenvalue weighted by Gasteiger charge is 2.18. The lowest BCUT2D eigenvalue weighted by atomic mass is 10.1. The molecule has 0 unspecified atom stereocenters. The predicted molar refractivity (Wildman–Crippen MR) is 92.7 cm³/mol. The highest BCUT2D eigenvalue weighted by molar-refractivity contribution is 7.90. The number of rotatable bonds is 5. The highest BCUT2D eigenvalue weighted by Crippen LogP contribution is 2.21. The van der Waals surface area contributed by atoms with Gasteiger partial charge in [-0.05, 0) is 44.5 Å². The van der Waals surface area contributed by atoms with E-state index < -0.39 is 15.8 Å². The second-order valence-corrected chi connectivity index (χ2v) is 9.05. The first kappa shape index (κ1) is 18.4. The predicted octanol–water partition coefficient (Wildman–Crippen LogP) is 3.12. The number of hydrogen-bond acceptors (Lipinski definition) is 6. The summed E-state index contributed by atoms with van der Waals surface area (Å²) in [6, 6.07) is 6.02. The third-order valence-corrected chi connectivity index (χ3v) is 5.61. The monoisotopic (exact) mass is 366 g/mol. The first-order valence-electron chi connectivity index (χ1n) is 7.17. The van der Waals surface area contributed by atoms with Gasteiger partial charge in [-0.1, -0.05) is 6.07 Å². The van der Waals surface area contributed by atoms with Crippen LogP contribution in [-0.2, 0) is 14.6 Å². The molecule has 0 saturated heterocycles. The number of sulfone groups is 1. The van der Waals surface area contributed by atoms with Gasteiger partial charge in [-0.15, -0.1) is 11.3 Å². The fraction of sp³-hybridized carbons (Fsp3) is 0.294. The highest BCUT2D eigenvalue weighted by atomic mass is 32.2. The molecule has 0 aliphatic carbocycles. The number of thiophene rings is 1. The van der Waals surface area contributed by atoms with Crippen LogP contribution in [0.3, 0.4) is 0 Å². The minimum atomic E-state index is -3.43. The van der Waals surface area contributed by atoms with Crippen LogP contribution in [0.5, 0.6) is 0 Å². The van der Waals surface area contributed by atoms with Gasteiger partial charge >= 0.3 is 5.97 Å². The van der Waals surface area contributed by atoms with E-state index in [9.17, 15) is 18.0 Å². The Bertz CT molecular complexity index is 907. The van der Waals surface area contributed by atoms with Crippen molar-refractivity contribution in [3.63, 3.8) is 0 Å². The molecule has 128 valence electrons. The summed E-state index contributed by atoms with van der Waals surface area (Å²) in [6.45, 7) is 5.04. The molecular weight excluding hydrogens is 348 g/mol. The molecule has 1 aromatic heterocycles. The number of aryl methyl sites for hydroxylation is 3. The van der Waals surface area contributed by atoms with Crippen molar-refractivity contribution in [3.05, 3.63) is 50.7 Å². The van der Waals surface area contributed by atoms with Gasteiger partial charge in [0.05, 0.1) is 10.5 Å². The van der Waals surface area contributed by atoms with Crippen molar-refractivity contribution >= 4 is 32.9 Å². The SMILES string of the molecule is Cc1cc(C(=O)COC(=O)c2cc(S(C)(=O)=O)ccc2C)c(C)s1. The van der Waals surface area contributed by atoms with Crippen LogP contribution >= 0.6 is 11.3 Å². The molecule has 5 nitrogen and oxygen atoms in total. The van der Waals surface area contributed by atoms with E-state index in [1.54, 1.807) is 19.1 Å². The quantitative estimate of drug-likeness (QED) is 0.600. The summed E-state index contributed by atoms with van der Waals surface area (Å²) in [4.78, 5) is 26.3. The zero-order valence-electron chi connectivity index (χ0n) is 13.9. The molecule has 0 spiro atoms. The Morgan fingerprint density at radius 2 is 1.75 bits per heavy atom. The molecule has 0 fully saturated rings. The van der Waals surface area contributed by atoms with Crippen molar-refractivity contribution in [2.45, 2.75) is 25.7 Å². The summed E-state index contributed by atoms with van der Waals surface area (Å²) in [7, 11) is -3.43. The van der Waals surface area contributed by atoms with Crippen molar-refractivity contribution in [1.29, 1.82) is 0 Å². The van der Waals surface area contributed by atoms with Crippen LogP contribution in [0.1, 0.15) is 36.0 Å². The molecule has 7 heteroatoms. The molecule has 0 bridgehead atoms. The fourth-order valence-corrected chi connectivity index (χ4v) is 3.84. The third kappa shape index (κ3) is 4.10. The Labute approximate surface area is 145 Å². The van der Waals surface area contributed by atoms with Gasteiger partial charge < -0.3 is 4.74 Å². The maximum absolute atomic E-state index is 12.2. The summed E-state index contributed by atoms with van der Waals surface area (Å²) in [5.41, 5.74) is 1.28. The van der Waals surface area contributed by atoms with E-state index in [-0.39, 0.29) is 22.8 Å². The summed E-state index contributed by atoms with van der Waals surface area (Å²) >= 11 is 1.51. The second-order valence-electron chi connectivity index (χ2n) is 5.58. The number of benzene rings is 1. The van der Waals surface area contributed by atoms with Crippen molar-refractivity contribution in [1.82, 2.24) is 0 Å². The smallest absolute Gasteiger partial charge is 0.338 e. The molecule has 0 amide bonds. The maximum atomic E-state index is 12.2. The minimum absolute atomic E-state index is 0.0377. The number of carbonyl (C=O) groups excluding carboxylic acids is 2. The zero-order chi connectivity index (χ0) is 18.1. The maximum Gasteiger partial charge on any atom is 0.338 e. The van der Waals surface area contributed by atoms with Crippen LogP contribution in [0.25, 0.3) is 0 Å². The van der Waals surface area contributed by atoms with Gasteiger partial charge in [0.15, 0.2) is 16.4 Å². The summed E-state index contributed by atoms with van der Waals surface area (Å²) in [5, 5.41) is 0. The molecule has 0 aliphatic rings. The molecule has 2 aromatic rings. The molecule has 0 saturated carbocycles. The van der Waals surface area contributed by atoms with Crippen molar-refractivity contribution < 1.29 is 22.7 Å². The van der Waals surface area contributed by atoms with E-state index in [2.05, 4.69) is 0 Å². The van der Waals surface area contributed by atoms with Crippen LogP contribution in [0, 0.1) is 20.8 Å². The van der Waals surface area contributed by atoms with E-state index in [4.69, 9.17) is 4.74 Å². The van der Waals surface area contributed by atoms with E-state index in [1.807, 2.05) is 13.8 Å². The Hall–Kier alpha value is -1.99. The Balaban J connectivity index is 2.16.